The summed E-state index contributed by atoms with van der Waals surface area (Å²) in [5, 5.41) is 0. The largest absolute Gasteiger partial charge is 0.372 e. The molecule has 2 aromatic carbocycles. The number of benzene rings is 2. The maximum atomic E-state index is 13.0. The highest BCUT2D eigenvalue weighted by Gasteiger charge is 2.29. The Labute approximate surface area is 150 Å². The lowest BCUT2D eigenvalue weighted by Gasteiger charge is -2.29. The molecule has 0 spiro atoms. The van der Waals surface area contributed by atoms with Gasteiger partial charge >= 0.3 is 0 Å². The van der Waals surface area contributed by atoms with E-state index in [0.29, 0.717) is 12.5 Å². The van der Waals surface area contributed by atoms with Crippen LogP contribution in [0.4, 0.5) is 11.4 Å². The predicted octanol–water partition coefficient (Wildman–Crippen LogP) is 4.96. The molecule has 0 aromatic heterocycles. The molecule has 0 atom stereocenters. The van der Waals surface area contributed by atoms with Crippen LogP contribution in [0.2, 0.25) is 0 Å². The maximum absolute atomic E-state index is 13.0. The number of anilines is 2. The van der Waals surface area contributed by atoms with Gasteiger partial charge < -0.3 is 9.80 Å². The zero-order valence-electron chi connectivity index (χ0n) is 15.2. The highest BCUT2D eigenvalue weighted by Crippen LogP contribution is 2.32. The van der Waals surface area contributed by atoms with Gasteiger partial charge in [-0.3, -0.25) is 4.79 Å². The van der Waals surface area contributed by atoms with Crippen LogP contribution in [0, 0.1) is 0 Å². The minimum Gasteiger partial charge on any atom is -0.372 e. The Hall–Kier alpha value is -2.29. The number of hydrogen-bond donors (Lipinski definition) is 0. The van der Waals surface area contributed by atoms with Crippen molar-refractivity contribution in [2.45, 2.75) is 45.6 Å². The second-order valence-electron chi connectivity index (χ2n) is 7.53. The van der Waals surface area contributed by atoms with Gasteiger partial charge in [-0.15, -0.1) is 0 Å². The summed E-state index contributed by atoms with van der Waals surface area (Å²) < 4.78 is 0. The van der Waals surface area contributed by atoms with Crippen LogP contribution in [0.5, 0.6) is 0 Å². The molecule has 3 heteroatoms. The first-order valence-corrected chi connectivity index (χ1v) is 9.43. The Morgan fingerprint density at radius 3 is 2.24 bits per heavy atom. The molecule has 0 unspecified atom stereocenters. The van der Waals surface area contributed by atoms with Crippen LogP contribution in [-0.2, 0) is 6.54 Å². The average molecular weight is 334 g/mol. The molecular formula is C22H26N2O. The zero-order chi connectivity index (χ0) is 17.4. The van der Waals surface area contributed by atoms with Crippen LogP contribution in [0.3, 0.4) is 0 Å². The average Bonchev–Trinajstić information content (AvgIpc) is 2.99. The highest BCUT2D eigenvalue weighted by molar-refractivity contribution is 6.10. The van der Waals surface area contributed by atoms with Crippen LogP contribution in [-0.4, -0.2) is 19.0 Å². The summed E-state index contributed by atoms with van der Waals surface area (Å²) in [5.74, 6) is 0.638. The molecule has 1 amide bonds. The molecule has 0 saturated carbocycles. The molecule has 130 valence electrons. The van der Waals surface area contributed by atoms with Gasteiger partial charge in [0.15, 0.2) is 0 Å². The van der Waals surface area contributed by atoms with E-state index in [0.717, 1.165) is 29.9 Å². The number of rotatable bonds is 3. The molecule has 2 aliphatic rings. The predicted molar refractivity (Wildman–Crippen MR) is 104 cm³/mol. The van der Waals surface area contributed by atoms with E-state index in [-0.39, 0.29) is 5.91 Å². The van der Waals surface area contributed by atoms with E-state index in [4.69, 9.17) is 0 Å². The molecule has 25 heavy (non-hydrogen) atoms. The molecule has 1 fully saturated rings. The van der Waals surface area contributed by atoms with Gasteiger partial charge in [-0.1, -0.05) is 32.0 Å². The SMILES string of the molecule is CC(C)c1ccc(N2Cc3ccc(N4CCCCC4)cc3C2=O)cc1. The Balaban J connectivity index is 1.58. The van der Waals surface area contributed by atoms with Crippen LogP contribution in [0.15, 0.2) is 42.5 Å². The molecule has 1 saturated heterocycles. The second-order valence-corrected chi connectivity index (χ2v) is 7.53. The second kappa shape index (κ2) is 6.55. The van der Waals surface area contributed by atoms with Crippen LogP contribution in [0.25, 0.3) is 0 Å². The molecule has 0 radical (unpaired) electrons. The summed E-state index contributed by atoms with van der Waals surface area (Å²) in [4.78, 5) is 17.3. The van der Waals surface area contributed by atoms with E-state index in [2.05, 4.69) is 61.2 Å². The van der Waals surface area contributed by atoms with E-state index in [1.807, 2.05) is 4.90 Å². The first-order chi connectivity index (χ1) is 12.1. The number of nitrogens with zero attached hydrogens (tertiary/aromatic N) is 2. The van der Waals surface area contributed by atoms with Gasteiger partial charge in [0.25, 0.3) is 5.91 Å². The number of carbonyl (C=O) groups excluding carboxylic acids is 1. The fraction of sp³-hybridized carbons (Fsp3) is 0.409. The quantitative estimate of drug-likeness (QED) is 0.792. The monoisotopic (exact) mass is 334 g/mol. The standard InChI is InChI=1S/C22H26N2O/c1-16(2)17-6-9-19(10-7-17)24-15-18-8-11-20(14-21(18)22(24)25)23-12-4-3-5-13-23/h6-11,14,16H,3-5,12-13,15H2,1-2H3. The first kappa shape index (κ1) is 16.2. The van der Waals surface area contributed by atoms with Gasteiger partial charge in [-0.05, 0) is 60.6 Å². The van der Waals surface area contributed by atoms with Crippen LogP contribution < -0.4 is 9.80 Å². The van der Waals surface area contributed by atoms with E-state index >= 15 is 0 Å². The third-order valence-corrected chi connectivity index (χ3v) is 5.49. The van der Waals surface area contributed by atoms with Gasteiger partial charge in [-0.25, -0.2) is 0 Å². The fourth-order valence-corrected chi connectivity index (χ4v) is 3.89. The maximum Gasteiger partial charge on any atom is 0.259 e. The van der Waals surface area contributed by atoms with Gasteiger partial charge in [0.2, 0.25) is 0 Å². The topological polar surface area (TPSA) is 23.6 Å². The number of amides is 1. The third kappa shape index (κ3) is 3.04. The normalized spacial score (nSPS) is 17.3. The number of fused-ring (bicyclic) bond motifs is 1. The minimum absolute atomic E-state index is 0.131. The first-order valence-electron chi connectivity index (χ1n) is 9.43. The summed E-state index contributed by atoms with van der Waals surface area (Å²) in [5.41, 5.74) is 5.50. The van der Waals surface area contributed by atoms with Crippen molar-refractivity contribution in [3.8, 4) is 0 Å². The molecule has 0 bridgehead atoms. The lowest BCUT2D eigenvalue weighted by Crippen LogP contribution is -2.29. The van der Waals surface area contributed by atoms with Gasteiger partial charge in [0.1, 0.15) is 0 Å². The summed E-state index contributed by atoms with van der Waals surface area (Å²) in [7, 11) is 0. The lowest BCUT2D eigenvalue weighted by molar-refractivity contribution is 0.0996. The Morgan fingerprint density at radius 1 is 0.880 bits per heavy atom. The fourth-order valence-electron chi connectivity index (χ4n) is 3.89. The van der Waals surface area contributed by atoms with Crippen molar-refractivity contribution >= 4 is 17.3 Å². The van der Waals surface area contributed by atoms with Crippen molar-refractivity contribution in [2.24, 2.45) is 0 Å². The molecule has 3 nitrogen and oxygen atoms in total. The van der Waals surface area contributed by atoms with Crippen molar-refractivity contribution in [1.82, 2.24) is 0 Å². The number of carbonyl (C=O) groups is 1. The third-order valence-electron chi connectivity index (χ3n) is 5.49. The number of piperidine rings is 1. The number of hydrogen-bond acceptors (Lipinski definition) is 2. The van der Waals surface area contributed by atoms with Gasteiger partial charge in [-0.2, -0.15) is 0 Å². The summed E-state index contributed by atoms with van der Waals surface area (Å²) in [6.45, 7) is 7.26. The summed E-state index contributed by atoms with van der Waals surface area (Å²) in [6, 6.07) is 14.8. The molecule has 2 heterocycles. The van der Waals surface area contributed by atoms with E-state index in [1.54, 1.807) is 0 Å². The zero-order valence-corrected chi connectivity index (χ0v) is 15.2. The molecular weight excluding hydrogens is 308 g/mol. The van der Waals surface area contributed by atoms with Crippen molar-refractivity contribution in [3.63, 3.8) is 0 Å². The van der Waals surface area contributed by atoms with E-state index in [1.165, 1.54) is 30.5 Å². The molecule has 0 aliphatic carbocycles. The van der Waals surface area contributed by atoms with Crippen LogP contribution >= 0.6 is 0 Å². The highest BCUT2D eigenvalue weighted by atomic mass is 16.2. The Morgan fingerprint density at radius 2 is 1.56 bits per heavy atom. The lowest BCUT2D eigenvalue weighted by atomic mass is 10.0. The Kier molecular flexibility index (Phi) is 4.24. The van der Waals surface area contributed by atoms with E-state index < -0.39 is 0 Å². The van der Waals surface area contributed by atoms with Gasteiger partial charge in [0, 0.05) is 30.0 Å². The van der Waals surface area contributed by atoms with E-state index in [9.17, 15) is 4.79 Å². The van der Waals surface area contributed by atoms with Crippen molar-refractivity contribution in [3.05, 3.63) is 59.2 Å². The van der Waals surface area contributed by atoms with Crippen molar-refractivity contribution in [2.75, 3.05) is 22.9 Å². The molecule has 4 rings (SSSR count). The van der Waals surface area contributed by atoms with Crippen molar-refractivity contribution < 1.29 is 4.79 Å². The smallest absolute Gasteiger partial charge is 0.259 e. The molecule has 2 aromatic rings. The Bertz CT molecular complexity index is 773. The minimum atomic E-state index is 0.131. The molecule has 0 N–H and O–H groups in total. The summed E-state index contributed by atoms with van der Waals surface area (Å²) in [6.07, 6.45) is 3.82. The van der Waals surface area contributed by atoms with Gasteiger partial charge in [0.05, 0.1) is 6.54 Å². The summed E-state index contributed by atoms with van der Waals surface area (Å²) >= 11 is 0. The van der Waals surface area contributed by atoms with Crippen LogP contribution in [0.1, 0.15) is 60.5 Å². The molecule has 2 aliphatic heterocycles. The van der Waals surface area contributed by atoms with Crippen molar-refractivity contribution in [1.29, 1.82) is 0 Å².